The number of anilines is 1. The lowest BCUT2D eigenvalue weighted by molar-refractivity contribution is -0.112. The van der Waals surface area contributed by atoms with Crippen LogP contribution in [0.2, 0.25) is 0 Å². The van der Waals surface area contributed by atoms with Gasteiger partial charge in [0, 0.05) is 29.1 Å². The number of aromatic nitrogens is 1. The van der Waals surface area contributed by atoms with Crippen molar-refractivity contribution in [2.45, 2.75) is 34.1 Å². The van der Waals surface area contributed by atoms with E-state index in [4.69, 9.17) is 9.26 Å². The van der Waals surface area contributed by atoms with Gasteiger partial charge in [0.15, 0.2) is 0 Å². The number of thioether (sulfide) groups is 1. The first-order valence-electron chi connectivity index (χ1n) is 9.45. The first kappa shape index (κ1) is 21.0. The Morgan fingerprint density at radius 3 is 2.66 bits per heavy atom. The van der Waals surface area contributed by atoms with Crippen LogP contribution >= 0.6 is 11.8 Å². The van der Waals surface area contributed by atoms with Crippen molar-refractivity contribution in [1.82, 2.24) is 10.5 Å². The molecule has 3 rings (SSSR count). The minimum Gasteiger partial charge on any atom is -0.496 e. The molecule has 29 heavy (non-hydrogen) atoms. The number of carbonyl (C=O) groups is 2. The number of carbonyl (C=O) groups excluding carboxylic acids is 2. The van der Waals surface area contributed by atoms with Crippen molar-refractivity contribution >= 4 is 29.3 Å². The summed E-state index contributed by atoms with van der Waals surface area (Å²) in [5.74, 6) is 1.73. The summed E-state index contributed by atoms with van der Waals surface area (Å²) < 4.78 is 10.6. The zero-order chi connectivity index (χ0) is 21.0. The Bertz CT molecular complexity index is 945. The maximum atomic E-state index is 12.6. The average molecular weight is 416 g/mol. The third-order valence-electron chi connectivity index (χ3n) is 4.76. The lowest BCUT2D eigenvalue weighted by atomic mass is 10.1. The number of hydrogen-bond acceptors (Lipinski definition) is 6. The van der Waals surface area contributed by atoms with Gasteiger partial charge in [-0.25, -0.2) is 0 Å². The minimum atomic E-state index is -0.216. The van der Waals surface area contributed by atoms with Crippen LogP contribution in [0.3, 0.4) is 0 Å². The molecule has 2 amide bonds. The van der Waals surface area contributed by atoms with E-state index in [1.807, 2.05) is 26.8 Å². The van der Waals surface area contributed by atoms with E-state index in [-0.39, 0.29) is 11.8 Å². The van der Waals surface area contributed by atoms with Crippen LogP contribution in [0.4, 0.5) is 5.69 Å². The van der Waals surface area contributed by atoms with Crippen LogP contribution in [0.25, 0.3) is 0 Å². The number of aryl methyl sites for hydroxylation is 3. The molecule has 0 bridgehead atoms. The lowest BCUT2D eigenvalue weighted by Gasteiger charge is -2.18. The molecule has 2 N–H and O–H groups in total. The molecular formula is C21H25N3O4S. The third-order valence-corrected chi connectivity index (χ3v) is 5.90. The summed E-state index contributed by atoms with van der Waals surface area (Å²) in [5.41, 5.74) is 3.83. The fourth-order valence-corrected chi connectivity index (χ4v) is 3.89. The van der Waals surface area contributed by atoms with Crippen LogP contribution in [-0.2, 0) is 16.0 Å². The summed E-state index contributed by atoms with van der Waals surface area (Å²) in [5, 5.41) is 9.73. The summed E-state index contributed by atoms with van der Waals surface area (Å²) in [4.78, 5) is 25.7. The van der Waals surface area contributed by atoms with E-state index in [1.165, 1.54) is 11.8 Å². The molecule has 0 spiro atoms. The Morgan fingerprint density at radius 2 is 1.97 bits per heavy atom. The number of rotatable bonds is 6. The van der Waals surface area contributed by atoms with Gasteiger partial charge in [-0.3, -0.25) is 9.59 Å². The van der Waals surface area contributed by atoms with Gasteiger partial charge >= 0.3 is 0 Å². The fraction of sp³-hybridized carbons (Fsp3) is 0.381. The topological polar surface area (TPSA) is 93.5 Å². The van der Waals surface area contributed by atoms with Crippen molar-refractivity contribution in [3.05, 3.63) is 57.0 Å². The molecule has 0 aliphatic carbocycles. The van der Waals surface area contributed by atoms with E-state index in [9.17, 15) is 9.59 Å². The highest BCUT2D eigenvalue weighted by Crippen LogP contribution is 2.27. The maximum absolute atomic E-state index is 12.6. The molecule has 8 heteroatoms. The number of amides is 2. The van der Waals surface area contributed by atoms with Gasteiger partial charge in [-0.1, -0.05) is 11.2 Å². The van der Waals surface area contributed by atoms with Gasteiger partial charge < -0.3 is 19.9 Å². The first-order valence-corrected chi connectivity index (χ1v) is 10.4. The van der Waals surface area contributed by atoms with E-state index in [0.29, 0.717) is 41.5 Å². The smallest absolute Gasteiger partial charge is 0.265 e. The van der Waals surface area contributed by atoms with Gasteiger partial charge in [0.05, 0.1) is 12.3 Å². The Morgan fingerprint density at radius 1 is 1.17 bits per heavy atom. The van der Waals surface area contributed by atoms with Crippen molar-refractivity contribution in [2.75, 3.05) is 24.2 Å². The summed E-state index contributed by atoms with van der Waals surface area (Å²) in [6, 6.07) is 5.27. The highest BCUT2D eigenvalue weighted by atomic mass is 32.2. The zero-order valence-corrected chi connectivity index (χ0v) is 17.9. The molecule has 1 aliphatic rings. The fourth-order valence-electron chi connectivity index (χ4n) is 3.07. The normalized spacial score (nSPS) is 13.8. The first-order chi connectivity index (χ1) is 13.9. The number of benzene rings is 1. The number of hydrogen-bond donors (Lipinski definition) is 2. The van der Waals surface area contributed by atoms with Crippen molar-refractivity contribution in [3.8, 4) is 0 Å². The number of nitrogens with zero attached hydrogens (tertiary/aromatic N) is 1. The quantitative estimate of drug-likeness (QED) is 0.750. The average Bonchev–Trinajstić information content (AvgIpc) is 3.01. The van der Waals surface area contributed by atoms with Crippen molar-refractivity contribution in [3.63, 3.8) is 0 Å². The second kappa shape index (κ2) is 9.17. The SMILES string of the molecule is CC1=C(C(=O)Nc2cc(C(=O)NCCc3c(C)noc3C)ccc2C)SCCO1. The molecule has 0 fully saturated rings. The Labute approximate surface area is 174 Å². The highest BCUT2D eigenvalue weighted by Gasteiger charge is 2.20. The lowest BCUT2D eigenvalue weighted by Crippen LogP contribution is -2.26. The second-order valence-corrected chi connectivity index (χ2v) is 7.98. The Hall–Kier alpha value is -2.74. The molecule has 2 heterocycles. The van der Waals surface area contributed by atoms with E-state index in [0.717, 1.165) is 28.3 Å². The predicted octanol–water partition coefficient (Wildman–Crippen LogP) is 3.51. The van der Waals surface area contributed by atoms with Gasteiger partial charge in [0.2, 0.25) is 0 Å². The summed E-state index contributed by atoms with van der Waals surface area (Å²) in [6.45, 7) is 8.50. The second-order valence-electron chi connectivity index (χ2n) is 6.87. The van der Waals surface area contributed by atoms with Crippen LogP contribution in [0, 0.1) is 20.8 Å². The predicted molar refractivity (Wildman–Crippen MR) is 113 cm³/mol. The number of nitrogens with one attached hydrogen (secondary N) is 2. The van der Waals surface area contributed by atoms with Crippen LogP contribution in [0.5, 0.6) is 0 Å². The Balaban J connectivity index is 1.65. The number of ether oxygens (including phenoxy) is 1. The molecule has 154 valence electrons. The molecule has 1 aromatic heterocycles. The van der Waals surface area contributed by atoms with Gasteiger partial charge in [0.1, 0.15) is 16.4 Å². The van der Waals surface area contributed by atoms with E-state index in [2.05, 4.69) is 15.8 Å². The van der Waals surface area contributed by atoms with Crippen LogP contribution in [-0.4, -0.2) is 35.9 Å². The highest BCUT2D eigenvalue weighted by molar-refractivity contribution is 8.04. The minimum absolute atomic E-state index is 0.196. The molecule has 0 unspecified atom stereocenters. The van der Waals surface area contributed by atoms with Gasteiger partial charge in [-0.15, -0.1) is 11.8 Å². The van der Waals surface area contributed by atoms with Crippen molar-refractivity contribution < 1.29 is 18.8 Å². The number of allylic oxidation sites excluding steroid dienone is 1. The third kappa shape index (κ3) is 5.00. The molecule has 0 saturated heterocycles. The van der Waals surface area contributed by atoms with E-state index in [1.54, 1.807) is 19.1 Å². The van der Waals surface area contributed by atoms with Gasteiger partial charge in [0.25, 0.3) is 11.8 Å². The summed E-state index contributed by atoms with van der Waals surface area (Å²) in [7, 11) is 0. The molecular weight excluding hydrogens is 390 g/mol. The molecule has 2 aromatic rings. The van der Waals surface area contributed by atoms with Crippen LogP contribution in [0.15, 0.2) is 33.4 Å². The van der Waals surface area contributed by atoms with Crippen molar-refractivity contribution in [2.24, 2.45) is 0 Å². The molecule has 0 saturated carbocycles. The molecule has 1 aliphatic heterocycles. The Kier molecular flexibility index (Phi) is 6.64. The largest absolute Gasteiger partial charge is 0.496 e. The maximum Gasteiger partial charge on any atom is 0.265 e. The van der Waals surface area contributed by atoms with Crippen molar-refractivity contribution in [1.29, 1.82) is 0 Å². The molecule has 1 aromatic carbocycles. The summed E-state index contributed by atoms with van der Waals surface area (Å²) >= 11 is 1.48. The standard InChI is InChI=1S/C21H25N3O4S/c1-12-5-6-16(20(25)22-8-7-17-13(2)24-28-14(17)3)11-18(12)23-21(26)19-15(4)27-9-10-29-19/h5-6,11H,7-10H2,1-4H3,(H,22,25)(H,23,26). The zero-order valence-electron chi connectivity index (χ0n) is 17.0. The van der Waals surface area contributed by atoms with E-state index >= 15 is 0 Å². The molecule has 7 nitrogen and oxygen atoms in total. The van der Waals surface area contributed by atoms with E-state index < -0.39 is 0 Å². The monoisotopic (exact) mass is 415 g/mol. The molecule has 0 atom stereocenters. The van der Waals surface area contributed by atoms with Crippen LogP contribution in [0.1, 0.15) is 39.9 Å². The van der Waals surface area contributed by atoms with Gasteiger partial charge in [-0.05, 0) is 51.8 Å². The molecule has 0 radical (unpaired) electrons. The van der Waals surface area contributed by atoms with Gasteiger partial charge in [-0.2, -0.15) is 0 Å². The van der Waals surface area contributed by atoms with Crippen LogP contribution < -0.4 is 10.6 Å². The summed E-state index contributed by atoms with van der Waals surface area (Å²) in [6.07, 6.45) is 0.646.